The summed E-state index contributed by atoms with van der Waals surface area (Å²) in [5, 5.41) is 15.1. The molecule has 0 radical (unpaired) electrons. The predicted octanol–water partition coefficient (Wildman–Crippen LogP) is 2.64. The molecule has 0 fully saturated rings. The Labute approximate surface area is 216 Å². The van der Waals surface area contributed by atoms with Crippen LogP contribution in [0.25, 0.3) is 11.1 Å². The Hall–Kier alpha value is -3.72. The molecule has 1 aliphatic carbocycles. The smallest absolute Gasteiger partial charge is 0.407 e. The van der Waals surface area contributed by atoms with Crippen molar-refractivity contribution in [2.45, 2.75) is 57.6 Å². The topological polar surface area (TPSA) is 148 Å². The Morgan fingerprint density at radius 1 is 1.00 bits per heavy atom. The maximum Gasteiger partial charge on any atom is 0.407 e. The molecule has 0 spiro atoms. The van der Waals surface area contributed by atoms with Gasteiger partial charge in [0, 0.05) is 18.9 Å². The van der Waals surface area contributed by atoms with Crippen molar-refractivity contribution in [1.29, 1.82) is 0 Å². The number of rotatable bonds is 13. The molecule has 0 bridgehead atoms. The van der Waals surface area contributed by atoms with Gasteiger partial charge in [-0.1, -0.05) is 48.5 Å². The molecule has 9 heteroatoms. The summed E-state index contributed by atoms with van der Waals surface area (Å²) >= 11 is 0. The second-order valence-electron chi connectivity index (χ2n) is 9.46. The molecule has 5 N–H and O–H groups in total. The van der Waals surface area contributed by atoms with Gasteiger partial charge in [0.15, 0.2) is 0 Å². The lowest BCUT2D eigenvalue weighted by Gasteiger charge is -2.22. The Kier molecular flexibility index (Phi) is 9.79. The molecule has 3 atom stereocenters. The molecule has 0 aromatic heterocycles. The van der Waals surface area contributed by atoms with Crippen LogP contribution in [0.15, 0.2) is 48.5 Å². The van der Waals surface area contributed by atoms with Gasteiger partial charge >= 0.3 is 6.09 Å². The number of fused-ring (bicyclic) bond motifs is 3. The highest BCUT2D eigenvalue weighted by molar-refractivity contribution is 5.90. The average molecular weight is 510 g/mol. The highest BCUT2D eigenvalue weighted by Gasteiger charge is 2.30. The minimum atomic E-state index is -1.04. The molecule has 2 aromatic rings. The molecule has 3 amide bonds. The number of nitrogens with one attached hydrogen (secondary N) is 2. The van der Waals surface area contributed by atoms with Crippen molar-refractivity contribution in [3.05, 3.63) is 59.7 Å². The van der Waals surface area contributed by atoms with Crippen LogP contribution in [0.5, 0.6) is 0 Å². The first kappa shape index (κ1) is 27.9. The predicted molar refractivity (Wildman–Crippen MR) is 139 cm³/mol. The number of benzene rings is 2. The summed E-state index contributed by atoms with van der Waals surface area (Å²) < 4.78 is 5.51. The van der Waals surface area contributed by atoms with E-state index in [2.05, 4.69) is 34.9 Å². The van der Waals surface area contributed by atoms with E-state index in [9.17, 15) is 24.3 Å². The van der Waals surface area contributed by atoms with Crippen LogP contribution in [0.2, 0.25) is 0 Å². The molecule has 0 saturated heterocycles. The molecule has 0 heterocycles. The number of aliphatic hydroxyl groups excluding tert-OH is 1. The summed E-state index contributed by atoms with van der Waals surface area (Å²) in [4.78, 5) is 47.9. The number of carbonyl (C=O) groups is 4. The van der Waals surface area contributed by atoms with Gasteiger partial charge in [0.2, 0.25) is 11.8 Å². The van der Waals surface area contributed by atoms with Crippen LogP contribution in [0.1, 0.15) is 56.6 Å². The molecule has 1 aliphatic rings. The van der Waals surface area contributed by atoms with E-state index in [0.29, 0.717) is 19.4 Å². The van der Waals surface area contributed by atoms with Gasteiger partial charge < -0.3 is 31.0 Å². The highest BCUT2D eigenvalue weighted by atomic mass is 16.5. The van der Waals surface area contributed by atoms with Crippen LogP contribution in [-0.4, -0.2) is 54.1 Å². The summed E-state index contributed by atoms with van der Waals surface area (Å²) in [5.74, 6) is -2.51. The molecule has 9 nitrogen and oxygen atoms in total. The van der Waals surface area contributed by atoms with Crippen LogP contribution >= 0.6 is 0 Å². The van der Waals surface area contributed by atoms with Crippen molar-refractivity contribution in [3.63, 3.8) is 0 Å². The number of Topliss-reactive ketones (excluding diaryl/α,β-unsaturated/α-hetero) is 1. The summed E-state index contributed by atoms with van der Waals surface area (Å²) in [6, 6.07) is 15.3. The van der Waals surface area contributed by atoms with Gasteiger partial charge in [-0.05, 0) is 55.4 Å². The van der Waals surface area contributed by atoms with Crippen LogP contribution in [0, 0.1) is 5.92 Å². The SMILES string of the molecule is CC(=O)C[C@H](C(=O)N[C@@H](CCCCNC(=O)OCC1c2ccccc2-c2ccccc21)C(N)=O)C(C)O. The zero-order valence-electron chi connectivity index (χ0n) is 21.2. The van der Waals surface area contributed by atoms with Gasteiger partial charge in [-0.25, -0.2) is 4.79 Å². The molecular formula is C28H35N3O6. The third-order valence-electron chi connectivity index (χ3n) is 6.62. The number of alkyl carbamates (subject to hydrolysis) is 1. The van der Waals surface area contributed by atoms with Crippen LogP contribution in [0.4, 0.5) is 4.79 Å². The van der Waals surface area contributed by atoms with Crippen molar-refractivity contribution < 1.29 is 29.0 Å². The van der Waals surface area contributed by atoms with Crippen LogP contribution in [0.3, 0.4) is 0 Å². The van der Waals surface area contributed by atoms with Crippen LogP contribution in [-0.2, 0) is 19.1 Å². The summed E-state index contributed by atoms with van der Waals surface area (Å²) in [5.41, 5.74) is 10.0. The van der Waals surface area contributed by atoms with Gasteiger partial charge in [0.25, 0.3) is 0 Å². The number of ether oxygens (including phenoxy) is 1. The first-order valence-electron chi connectivity index (χ1n) is 12.5. The molecular weight excluding hydrogens is 474 g/mol. The number of hydrogen-bond donors (Lipinski definition) is 4. The summed E-state index contributed by atoms with van der Waals surface area (Å²) in [6.07, 6.45) is -0.385. The number of ketones is 1. The Balaban J connectivity index is 1.41. The molecule has 3 rings (SSSR count). The Bertz CT molecular complexity index is 1090. The van der Waals surface area contributed by atoms with Crippen LogP contribution < -0.4 is 16.4 Å². The summed E-state index contributed by atoms with van der Waals surface area (Å²) in [7, 11) is 0. The minimum absolute atomic E-state index is 0.0217. The van der Waals surface area contributed by atoms with E-state index in [4.69, 9.17) is 10.5 Å². The molecule has 0 saturated carbocycles. The first-order valence-corrected chi connectivity index (χ1v) is 12.5. The third-order valence-corrected chi connectivity index (χ3v) is 6.62. The van der Waals surface area contributed by atoms with E-state index >= 15 is 0 Å². The van der Waals surface area contributed by atoms with Crippen molar-refractivity contribution in [2.75, 3.05) is 13.2 Å². The van der Waals surface area contributed by atoms with Gasteiger partial charge in [-0.3, -0.25) is 9.59 Å². The molecule has 0 aliphatic heterocycles. The number of nitrogens with two attached hydrogens (primary N) is 1. The van der Waals surface area contributed by atoms with Crippen molar-refractivity contribution >= 4 is 23.7 Å². The lowest BCUT2D eigenvalue weighted by atomic mass is 9.95. The quantitative estimate of drug-likeness (QED) is 0.305. The Morgan fingerprint density at radius 2 is 1.59 bits per heavy atom. The normalized spacial score (nSPS) is 14.6. The minimum Gasteiger partial charge on any atom is -0.449 e. The largest absolute Gasteiger partial charge is 0.449 e. The van der Waals surface area contributed by atoms with E-state index < -0.39 is 36.0 Å². The van der Waals surface area contributed by atoms with Gasteiger partial charge in [0.1, 0.15) is 18.4 Å². The molecule has 37 heavy (non-hydrogen) atoms. The maximum absolute atomic E-state index is 12.4. The standard InChI is InChI=1S/C28H35N3O6/c1-17(32)15-23(18(2)33)27(35)31-25(26(29)34)13-7-8-14-30-28(36)37-16-24-21-11-5-3-9-19(21)20-10-4-6-12-22(20)24/h3-6,9-12,18,23-25,33H,7-8,13-16H2,1-2H3,(H2,29,34)(H,30,36)(H,31,35)/t18?,23-,25-/m0/s1. The zero-order valence-corrected chi connectivity index (χ0v) is 21.2. The molecule has 1 unspecified atom stereocenters. The van der Waals surface area contributed by atoms with E-state index in [1.165, 1.54) is 13.8 Å². The number of aliphatic hydroxyl groups is 1. The van der Waals surface area contributed by atoms with E-state index in [0.717, 1.165) is 22.3 Å². The fourth-order valence-corrected chi connectivity index (χ4v) is 4.67. The second kappa shape index (κ2) is 13.0. The van der Waals surface area contributed by atoms with Crippen molar-refractivity contribution in [3.8, 4) is 11.1 Å². The van der Waals surface area contributed by atoms with Crippen molar-refractivity contribution in [1.82, 2.24) is 10.6 Å². The Morgan fingerprint density at radius 3 is 2.14 bits per heavy atom. The maximum atomic E-state index is 12.4. The fourth-order valence-electron chi connectivity index (χ4n) is 4.67. The number of hydrogen-bond acceptors (Lipinski definition) is 6. The van der Waals surface area contributed by atoms with E-state index in [-0.39, 0.29) is 31.1 Å². The number of carbonyl (C=O) groups excluding carboxylic acids is 4. The number of primary amides is 1. The lowest BCUT2D eigenvalue weighted by Crippen LogP contribution is -2.48. The van der Waals surface area contributed by atoms with Gasteiger partial charge in [-0.15, -0.1) is 0 Å². The van der Waals surface area contributed by atoms with Gasteiger partial charge in [-0.2, -0.15) is 0 Å². The molecule has 198 valence electrons. The van der Waals surface area contributed by atoms with Gasteiger partial charge in [0.05, 0.1) is 12.0 Å². The highest BCUT2D eigenvalue weighted by Crippen LogP contribution is 2.44. The fraction of sp³-hybridized carbons (Fsp3) is 0.429. The summed E-state index contributed by atoms with van der Waals surface area (Å²) in [6.45, 7) is 3.30. The lowest BCUT2D eigenvalue weighted by molar-refractivity contribution is -0.135. The van der Waals surface area contributed by atoms with E-state index in [1.54, 1.807) is 0 Å². The monoisotopic (exact) mass is 509 g/mol. The molecule has 2 aromatic carbocycles. The van der Waals surface area contributed by atoms with E-state index in [1.807, 2.05) is 24.3 Å². The van der Waals surface area contributed by atoms with Crippen molar-refractivity contribution in [2.24, 2.45) is 11.7 Å². The average Bonchev–Trinajstić information content (AvgIpc) is 3.18. The zero-order chi connectivity index (χ0) is 26.9. The number of unbranched alkanes of at least 4 members (excludes halogenated alkanes) is 1. The number of amides is 3. The first-order chi connectivity index (χ1) is 17.7. The third kappa shape index (κ3) is 7.39. The second-order valence-corrected chi connectivity index (χ2v) is 9.46.